The first-order valence-corrected chi connectivity index (χ1v) is 4.66. The SMILES string of the molecule is C/C=N/Nc1nc2cnccc2s1. The molecule has 66 valence electrons. The Hall–Kier alpha value is -1.49. The van der Waals surface area contributed by atoms with E-state index in [2.05, 4.69) is 20.5 Å². The number of hydrogen-bond donors (Lipinski definition) is 1. The maximum atomic E-state index is 4.28. The van der Waals surface area contributed by atoms with Gasteiger partial charge in [0.1, 0.15) is 5.52 Å². The highest BCUT2D eigenvalue weighted by Crippen LogP contribution is 2.24. The molecule has 0 aliphatic rings. The third kappa shape index (κ3) is 1.65. The highest BCUT2D eigenvalue weighted by Gasteiger charge is 2.00. The van der Waals surface area contributed by atoms with Crippen LogP contribution < -0.4 is 5.43 Å². The van der Waals surface area contributed by atoms with Gasteiger partial charge in [0.05, 0.1) is 10.9 Å². The maximum absolute atomic E-state index is 4.28. The van der Waals surface area contributed by atoms with Crippen LogP contribution in [0.5, 0.6) is 0 Å². The van der Waals surface area contributed by atoms with Crippen molar-refractivity contribution in [3.05, 3.63) is 18.5 Å². The van der Waals surface area contributed by atoms with Crippen molar-refractivity contribution in [2.24, 2.45) is 5.10 Å². The second-order valence-corrected chi connectivity index (χ2v) is 3.39. The molecule has 2 aromatic rings. The van der Waals surface area contributed by atoms with Gasteiger partial charge in [0, 0.05) is 12.4 Å². The minimum absolute atomic E-state index is 0.793. The van der Waals surface area contributed by atoms with Gasteiger partial charge in [-0.25, -0.2) is 4.98 Å². The first-order valence-electron chi connectivity index (χ1n) is 3.84. The van der Waals surface area contributed by atoms with E-state index in [4.69, 9.17) is 0 Å². The predicted octanol–water partition coefficient (Wildman–Crippen LogP) is 2.11. The largest absolute Gasteiger partial charge is 0.262 e. The molecule has 0 aliphatic carbocycles. The number of nitrogens with zero attached hydrogens (tertiary/aromatic N) is 3. The number of rotatable bonds is 2. The van der Waals surface area contributed by atoms with E-state index in [0.29, 0.717) is 0 Å². The lowest BCUT2D eigenvalue weighted by Gasteiger charge is -1.88. The van der Waals surface area contributed by atoms with Gasteiger partial charge in [-0.15, -0.1) is 0 Å². The number of anilines is 1. The van der Waals surface area contributed by atoms with Crippen LogP contribution in [0.1, 0.15) is 6.92 Å². The lowest BCUT2D eigenvalue weighted by molar-refractivity contribution is 1.29. The van der Waals surface area contributed by atoms with Crippen molar-refractivity contribution in [2.45, 2.75) is 6.92 Å². The molecule has 2 aromatic heterocycles. The summed E-state index contributed by atoms with van der Waals surface area (Å²) >= 11 is 1.56. The van der Waals surface area contributed by atoms with Crippen molar-refractivity contribution in [3.8, 4) is 0 Å². The quantitative estimate of drug-likeness (QED) is 0.585. The molecule has 0 saturated carbocycles. The molecule has 0 fully saturated rings. The van der Waals surface area contributed by atoms with Crippen LogP contribution in [0.4, 0.5) is 5.13 Å². The summed E-state index contributed by atoms with van der Waals surface area (Å²) in [6, 6.07) is 1.94. The minimum atomic E-state index is 0.793. The summed E-state index contributed by atoms with van der Waals surface area (Å²) in [6.45, 7) is 1.85. The molecule has 4 nitrogen and oxygen atoms in total. The average Bonchev–Trinajstić information content (AvgIpc) is 2.57. The van der Waals surface area contributed by atoms with Crippen molar-refractivity contribution >= 4 is 32.9 Å². The molecular formula is C8H8N4S. The highest BCUT2D eigenvalue weighted by atomic mass is 32.1. The Morgan fingerprint density at radius 2 is 2.54 bits per heavy atom. The predicted molar refractivity (Wildman–Crippen MR) is 55.2 cm³/mol. The molecule has 13 heavy (non-hydrogen) atoms. The Kier molecular flexibility index (Phi) is 2.18. The number of hydrazone groups is 1. The zero-order valence-corrected chi connectivity index (χ0v) is 7.88. The molecule has 1 N–H and O–H groups in total. The van der Waals surface area contributed by atoms with Gasteiger partial charge in [0.25, 0.3) is 0 Å². The molecule has 0 aromatic carbocycles. The van der Waals surface area contributed by atoms with Crippen LogP contribution in [0.25, 0.3) is 10.2 Å². The van der Waals surface area contributed by atoms with E-state index < -0.39 is 0 Å². The Balaban J connectivity index is 2.38. The first-order chi connectivity index (χ1) is 6.40. The Morgan fingerprint density at radius 3 is 3.31 bits per heavy atom. The van der Waals surface area contributed by atoms with Crippen LogP contribution in [-0.2, 0) is 0 Å². The standard InChI is InChI=1S/C8H8N4S/c1-2-10-12-8-11-6-5-9-4-3-7(6)13-8/h2-5H,1H3,(H,11,12)/b10-2+. The molecule has 0 amide bonds. The smallest absolute Gasteiger partial charge is 0.204 e. The Labute approximate surface area is 79.3 Å². The van der Waals surface area contributed by atoms with Gasteiger partial charge in [-0.3, -0.25) is 10.4 Å². The summed E-state index contributed by atoms with van der Waals surface area (Å²) in [5.41, 5.74) is 3.74. The van der Waals surface area contributed by atoms with Crippen LogP contribution in [0.15, 0.2) is 23.6 Å². The Morgan fingerprint density at radius 1 is 1.62 bits per heavy atom. The van der Waals surface area contributed by atoms with Crippen LogP contribution in [0.3, 0.4) is 0 Å². The number of pyridine rings is 1. The number of fused-ring (bicyclic) bond motifs is 1. The van der Waals surface area contributed by atoms with Gasteiger partial charge in [-0.05, 0) is 13.0 Å². The van der Waals surface area contributed by atoms with Crippen molar-refractivity contribution in [1.82, 2.24) is 9.97 Å². The van der Waals surface area contributed by atoms with E-state index in [0.717, 1.165) is 15.3 Å². The summed E-state index contributed by atoms with van der Waals surface area (Å²) in [4.78, 5) is 8.27. The fourth-order valence-electron chi connectivity index (χ4n) is 0.948. The third-order valence-electron chi connectivity index (χ3n) is 1.48. The van der Waals surface area contributed by atoms with Crippen LogP contribution in [0.2, 0.25) is 0 Å². The molecule has 2 heterocycles. The van der Waals surface area contributed by atoms with E-state index in [9.17, 15) is 0 Å². The van der Waals surface area contributed by atoms with Gasteiger partial charge in [0.2, 0.25) is 5.13 Å². The molecule has 5 heteroatoms. The monoisotopic (exact) mass is 192 g/mol. The van der Waals surface area contributed by atoms with Gasteiger partial charge >= 0.3 is 0 Å². The van der Waals surface area contributed by atoms with E-state index in [1.807, 2.05) is 13.0 Å². The number of thiazole rings is 1. The van der Waals surface area contributed by atoms with Gasteiger partial charge in [-0.1, -0.05) is 11.3 Å². The second kappa shape index (κ2) is 3.49. The maximum Gasteiger partial charge on any atom is 0.204 e. The zero-order valence-electron chi connectivity index (χ0n) is 7.06. The summed E-state index contributed by atoms with van der Waals surface area (Å²) in [5, 5.41) is 4.68. The molecule has 0 unspecified atom stereocenters. The van der Waals surface area contributed by atoms with Gasteiger partial charge in [0.15, 0.2) is 0 Å². The second-order valence-electron chi connectivity index (χ2n) is 2.36. The molecule has 0 saturated heterocycles. The lowest BCUT2D eigenvalue weighted by atomic mass is 10.5. The fraction of sp³-hybridized carbons (Fsp3) is 0.125. The molecule has 0 atom stereocenters. The van der Waals surface area contributed by atoms with Crippen molar-refractivity contribution < 1.29 is 0 Å². The molecule has 0 bridgehead atoms. The van der Waals surface area contributed by atoms with Crippen molar-refractivity contribution in [2.75, 3.05) is 5.43 Å². The molecule has 0 aliphatic heterocycles. The van der Waals surface area contributed by atoms with E-state index in [-0.39, 0.29) is 0 Å². The summed E-state index contributed by atoms with van der Waals surface area (Å²) in [7, 11) is 0. The van der Waals surface area contributed by atoms with E-state index >= 15 is 0 Å². The summed E-state index contributed by atoms with van der Waals surface area (Å²) < 4.78 is 1.11. The highest BCUT2D eigenvalue weighted by molar-refractivity contribution is 7.22. The zero-order chi connectivity index (χ0) is 9.10. The average molecular weight is 192 g/mol. The van der Waals surface area contributed by atoms with Gasteiger partial charge < -0.3 is 0 Å². The van der Waals surface area contributed by atoms with Crippen LogP contribution in [-0.4, -0.2) is 16.2 Å². The summed E-state index contributed by atoms with van der Waals surface area (Å²) in [6.07, 6.45) is 5.18. The van der Waals surface area contributed by atoms with E-state index in [1.54, 1.807) is 29.9 Å². The molecule has 2 rings (SSSR count). The number of hydrogen-bond acceptors (Lipinski definition) is 5. The number of aromatic nitrogens is 2. The van der Waals surface area contributed by atoms with Crippen molar-refractivity contribution in [1.29, 1.82) is 0 Å². The molecule has 0 spiro atoms. The topological polar surface area (TPSA) is 50.2 Å². The van der Waals surface area contributed by atoms with E-state index in [1.165, 1.54) is 0 Å². The number of nitrogens with one attached hydrogen (secondary N) is 1. The Bertz CT molecular complexity index is 401. The third-order valence-corrected chi connectivity index (χ3v) is 2.42. The minimum Gasteiger partial charge on any atom is -0.262 e. The first kappa shape index (κ1) is 8.12. The van der Waals surface area contributed by atoms with Crippen LogP contribution in [0, 0.1) is 0 Å². The molecule has 0 radical (unpaired) electrons. The summed E-state index contributed by atoms with van der Waals surface area (Å²) in [5.74, 6) is 0. The molecular weight excluding hydrogens is 184 g/mol. The van der Waals surface area contributed by atoms with Gasteiger partial charge in [-0.2, -0.15) is 5.10 Å². The lowest BCUT2D eigenvalue weighted by Crippen LogP contribution is -1.85. The van der Waals surface area contributed by atoms with Crippen LogP contribution >= 0.6 is 11.3 Å². The normalized spacial score (nSPS) is 11.2. The van der Waals surface area contributed by atoms with Crippen molar-refractivity contribution in [3.63, 3.8) is 0 Å². The fourth-order valence-corrected chi connectivity index (χ4v) is 1.73.